The van der Waals surface area contributed by atoms with Gasteiger partial charge in [-0.2, -0.15) is 0 Å². The number of allylic oxidation sites excluding steroid dienone is 1. The van der Waals surface area contributed by atoms with Crippen LogP contribution in [0.1, 0.15) is 53.6 Å². The zero-order valence-electron chi connectivity index (χ0n) is 22.5. The fraction of sp³-hybridized carbons (Fsp3) is 0.452. The van der Waals surface area contributed by atoms with Crippen molar-refractivity contribution in [3.63, 3.8) is 0 Å². The summed E-state index contributed by atoms with van der Waals surface area (Å²) in [6, 6.07) is 13.3. The minimum absolute atomic E-state index is 0.0398. The molecule has 206 valence electrons. The molecule has 1 unspecified atom stereocenters. The second-order valence-electron chi connectivity index (χ2n) is 10.8. The molecule has 8 heteroatoms. The lowest BCUT2D eigenvalue weighted by molar-refractivity contribution is -0.135. The number of amides is 3. The smallest absolute Gasteiger partial charge is 0.255 e. The van der Waals surface area contributed by atoms with E-state index < -0.39 is 5.41 Å². The second kappa shape index (κ2) is 12.5. The number of piperidine rings is 1. The van der Waals surface area contributed by atoms with Crippen molar-refractivity contribution < 1.29 is 19.1 Å². The van der Waals surface area contributed by atoms with Crippen molar-refractivity contribution in [3.05, 3.63) is 71.3 Å². The van der Waals surface area contributed by atoms with Crippen molar-refractivity contribution in [2.24, 2.45) is 5.41 Å². The van der Waals surface area contributed by atoms with Crippen LogP contribution >= 0.6 is 0 Å². The molecule has 1 spiro atoms. The highest BCUT2D eigenvalue weighted by Gasteiger charge is 2.41. The Bertz CT molecular complexity index is 1240. The average Bonchev–Trinajstić information content (AvgIpc) is 2.95. The maximum atomic E-state index is 13.5. The fourth-order valence-corrected chi connectivity index (χ4v) is 6.03. The van der Waals surface area contributed by atoms with Crippen molar-refractivity contribution >= 4 is 23.4 Å². The molecule has 3 aliphatic rings. The third-order valence-electron chi connectivity index (χ3n) is 8.01. The molecule has 1 aliphatic carbocycles. The van der Waals surface area contributed by atoms with E-state index in [-0.39, 0.29) is 24.3 Å². The third kappa shape index (κ3) is 6.50. The number of ether oxygens (including phenoxy) is 1. The summed E-state index contributed by atoms with van der Waals surface area (Å²) in [6.45, 7) is 2.47. The van der Waals surface area contributed by atoms with Crippen LogP contribution in [0.25, 0.3) is 0 Å². The van der Waals surface area contributed by atoms with E-state index in [0.29, 0.717) is 44.0 Å². The number of nitrogens with one attached hydrogen (secondary N) is 3. The molecule has 0 radical (unpaired) electrons. The number of anilines is 1. The first-order valence-corrected chi connectivity index (χ1v) is 14.1. The van der Waals surface area contributed by atoms with E-state index in [9.17, 15) is 14.4 Å². The highest BCUT2D eigenvalue weighted by molar-refractivity contribution is 5.97. The lowest BCUT2D eigenvalue weighted by atomic mass is 9.76. The Morgan fingerprint density at radius 1 is 0.974 bits per heavy atom. The zero-order chi connectivity index (χ0) is 27.1. The summed E-state index contributed by atoms with van der Waals surface area (Å²) < 4.78 is 5.86. The number of aryl methyl sites for hydroxylation is 1. The van der Waals surface area contributed by atoms with E-state index in [4.69, 9.17) is 4.74 Å². The van der Waals surface area contributed by atoms with Gasteiger partial charge >= 0.3 is 0 Å². The van der Waals surface area contributed by atoms with Crippen LogP contribution in [0.2, 0.25) is 0 Å². The van der Waals surface area contributed by atoms with Crippen molar-refractivity contribution in [2.45, 2.75) is 44.9 Å². The van der Waals surface area contributed by atoms with Crippen molar-refractivity contribution in [1.29, 1.82) is 0 Å². The molecule has 1 atom stereocenters. The fourth-order valence-electron chi connectivity index (χ4n) is 6.03. The largest absolute Gasteiger partial charge is 0.489 e. The highest BCUT2D eigenvalue weighted by atomic mass is 16.5. The Labute approximate surface area is 230 Å². The third-order valence-corrected chi connectivity index (χ3v) is 8.01. The molecule has 0 bridgehead atoms. The Hall–Kier alpha value is -3.65. The van der Waals surface area contributed by atoms with Gasteiger partial charge in [0.15, 0.2) is 0 Å². The molecular formula is C31H38N4O4. The summed E-state index contributed by atoms with van der Waals surface area (Å²) in [6.07, 6.45) is 10.4. The van der Waals surface area contributed by atoms with Crippen LogP contribution in [-0.2, 0) is 22.4 Å². The number of para-hydroxylation sites is 1. The Balaban J connectivity index is 1.25. The van der Waals surface area contributed by atoms with Gasteiger partial charge in [0.1, 0.15) is 12.4 Å². The van der Waals surface area contributed by atoms with Gasteiger partial charge in [-0.25, -0.2) is 0 Å². The molecule has 5 rings (SSSR count). The van der Waals surface area contributed by atoms with E-state index in [1.54, 1.807) is 18.2 Å². The Kier molecular flexibility index (Phi) is 8.61. The quantitative estimate of drug-likeness (QED) is 0.528. The van der Waals surface area contributed by atoms with E-state index in [1.807, 2.05) is 30.4 Å². The number of carbonyl (C=O) groups excluding carboxylic acids is 3. The molecule has 39 heavy (non-hydrogen) atoms. The predicted molar refractivity (Wildman–Crippen MR) is 151 cm³/mol. The van der Waals surface area contributed by atoms with Gasteiger partial charge in [-0.1, -0.05) is 36.4 Å². The minimum Gasteiger partial charge on any atom is -0.489 e. The van der Waals surface area contributed by atoms with Crippen LogP contribution in [0.3, 0.4) is 0 Å². The maximum Gasteiger partial charge on any atom is 0.255 e. The molecule has 2 aliphatic heterocycles. The molecule has 0 saturated carbocycles. The summed E-state index contributed by atoms with van der Waals surface area (Å²) in [7, 11) is 0. The molecule has 2 aromatic rings. The average molecular weight is 531 g/mol. The predicted octanol–water partition coefficient (Wildman–Crippen LogP) is 3.47. The van der Waals surface area contributed by atoms with Gasteiger partial charge in [-0.3, -0.25) is 19.3 Å². The van der Waals surface area contributed by atoms with Crippen LogP contribution in [0.4, 0.5) is 5.69 Å². The first-order chi connectivity index (χ1) is 19.0. The van der Waals surface area contributed by atoms with Gasteiger partial charge < -0.3 is 20.7 Å². The number of hydrogen-bond acceptors (Lipinski definition) is 5. The van der Waals surface area contributed by atoms with Crippen LogP contribution in [0, 0.1) is 5.41 Å². The molecule has 2 heterocycles. The number of carbonyl (C=O) groups is 3. The van der Waals surface area contributed by atoms with E-state index >= 15 is 0 Å². The van der Waals surface area contributed by atoms with Gasteiger partial charge in [0.2, 0.25) is 11.8 Å². The minimum atomic E-state index is -0.646. The van der Waals surface area contributed by atoms with Gasteiger partial charge in [-0.15, -0.1) is 0 Å². The van der Waals surface area contributed by atoms with Crippen molar-refractivity contribution in [3.8, 4) is 5.75 Å². The lowest BCUT2D eigenvalue weighted by Crippen LogP contribution is -2.53. The van der Waals surface area contributed by atoms with Gasteiger partial charge in [0.25, 0.3) is 5.91 Å². The van der Waals surface area contributed by atoms with Gasteiger partial charge in [0, 0.05) is 25.3 Å². The van der Waals surface area contributed by atoms with Gasteiger partial charge in [0.05, 0.1) is 17.5 Å². The molecule has 3 N–H and O–H groups in total. The normalized spacial score (nSPS) is 23.3. The molecule has 3 amide bonds. The van der Waals surface area contributed by atoms with Crippen molar-refractivity contribution in [1.82, 2.24) is 15.5 Å². The number of rotatable bonds is 3. The summed E-state index contributed by atoms with van der Waals surface area (Å²) in [5.74, 6) is 0.217. The van der Waals surface area contributed by atoms with E-state index in [2.05, 4.69) is 26.9 Å². The van der Waals surface area contributed by atoms with Gasteiger partial charge in [-0.05, 0) is 80.8 Å². The number of hydrogen-bond donors (Lipinski definition) is 3. The Morgan fingerprint density at radius 3 is 2.74 bits per heavy atom. The number of fused-ring (bicyclic) bond motifs is 2. The number of nitrogens with zero attached hydrogens (tertiary/aromatic N) is 1. The monoisotopic (exact) mass is 530 g/mol. The number of likely N-dealkylation sites (tertiary alicyclic amines) is 1. The first kappa shape index (κ1) is 26.9. The summed E-state index contributed by atoms with van der Waals surface area (Å²) in [4.78, 5) is 41.4. The standard InChI is InChI=1S/C31H38N4O4/c36-28(34-26-13-7-10-23-9-1-2-11-24(23)26)21-35-19-8-16-31(22-35)15-5-6-20-39-27-14-4-3-12-25(27)29(37)32-17-18-33-30(31)38/h3-7,10,12-14H,1-2,8-9,11,15-22H2,(H,32,37)(H,33,38)(H,34,36)/b6-5-. The molecule has 2 aromatic carbocycles. The summed E-state index contributed by atoms with van der Waals surface area (Å²) in [5.41, 5.74) is 3.35. The lowest BCUT2D eigenvalue weighted by Gasteiger charge is -2.41. The van der Waals surface area contributed by atoms with Crippen LogP contribution in [0.15, 0.2) is 54.6 Å². The summed E-state index contributed by atoms with van der Waals surface area (Å²) in [5, 5.41) is 9.06. The van der Waals surface area contributed by atoms with Crippen LogP contribution in [0.5, 0.6) is 5.75 Å². The SMILES string of the molecule is O=C(CN1CCCC2(C/C=C\COc3ccccc3C(=O)NCCNC2=O)C1)Nc1cccc2c1CCCC2. The molecule has 1 fully saturated rings. The Morgan fingerprint density at radius 2 is 1.82 bits per heavy atom. The first-order valence-electron chi connectivity index (χ1n) is 14.1. The van der Waals surface area contributed by atoms with E-state index in [0.717, 1.165) is 44.3 Å². The van der Waals surface area contributed by atoms with Crippen molar-refractivity contribution in [2.75, 3.05) is 44.6 Å². The number of benzene rings is 2. The molecule has 0 aromatic heterocycles. The zero-order valence-corrected chi connectivity index (χ0v) is 22.5. The molecule has 8 nitrogen and oxygen atoms in total. The second-order valence-corrected chi connectivity index (χ2v) is 10.8. The topological polar surface area (TPSA) is 99.8 Å². The van der Waals surface area contributed by atoms with Crippen LogP contribution < -0.4 is 20.7 Å². The van der Waals surface area contributed by atoms with E-state index in [1.165, 1.54) is 17.5 Å². The molecule has 1 saturated heterocycles. The summed E-state index contributed by atoms with van der Waals surface area (Å²) >= 11 is 0. The highest BCUT2D eigenvalue weighted by Crippen LogP contribution is 2.35. The molecular weight excluding hydrogens is 492 g/mol. The van der Waals surface area contributed by atoms with Crippen LogP contribution in [-0.4, -0.2) is 62.0 Å². The maximum absolute atomic E-state index is 13.5.